The van der Waals surface area contributed by atoms with E-state index in [9.17, 15) is 4.79 Å². The molecule has 2 saturated heterocycles. The Bertz CT molecular complexity index is 513. The summed E-state index contributed by atoms with van der Waals surface area (Å²) in [7, 11) is 1.94. The quantitative estimate of drug-likeness (QED) is 0.477. The molecule has 0 bridgehead atoms. The maximum absolute atomic E-state index is 13.3. The molecule has 2 heterocycles. The molecule has 1 unspecified atom stereocenters. The summed E-state index contributed by atoms with van der Waals surface area (Å²) in [6.45, 7) is 13.1. The number of nitrogens with zero attached hydrogens (tertiary/aromatic N) is 1. The predicted molar refractivity (Wildman–Crippen MR) is 117 cm³/mol. The molecule has 28 heavy (non-hydrogen) atoms. The average molecular weight is 395 g/mol. The van der Waals surface area contributed by atoms with Crippen LogP contribution in [0.2, 0.25) is 0 Å². The average Bonchev–Trinajstić information content (AvgIpc) is 2.71. The van der Waals surface area contributed by atoms with Crippen LogP contribution in [0.1, 0.15) is 119 Å². The molecule has 2 fully saturated rings. The number of carbonyl (C=O) groups is 1. The third kappa shape index (κ3) is 5.72. The van der Waals surface area contributed by atoms with Crippen molar-refractivity contribution >= 4 is 5.91 Å². The number of rotatable bonds is 10. The Kier molecular flexibility index (Phi) is 7.64. The van der Waals surface area contributed by atoms with E-state index >= 15 is 0 Å². The third-order valence-electron chi connectivity index (χ3n) is 6.70. The maximum atomic E-state index is 13.3. The fourth-order valence-corrected chi connectivity index (χ4v) is 5.75. The second kappa shape index (κ2) is 9.04. The molecule has 0 aromatic carbocycles. The minimum Gasteiger partial charge on any atom is -0.339 e. The molecule has 1 N–H and O–H groups in total. The van der Waals surface area contributed by atoms with Gasteiger partial charge >= 0.3 is 0 Å². The second-order valence-corrected chi connectivity index (χ2v) is 11.0. The Hall–Kier alpha value is -0.610. The Morgan fingerprint density at radius 1 is 0.857 bits per heavy atom. The summed E-state index contributed by atoms with van der Waals surface area (Å²) in [6.07, 6.45) is 14.2. The maximum Gasteiger partial charge on any atom is 0.257 e. The standard InChI is InChI=1S/C24H46N2O2/c1-8-9-10-11-12-13-14-15-16-17-23(6)26(7)20(27)24(28-23)18-21(2,3)25-22(4,5)19-24/h25H,8-19H2,1-7H3. The smallest absolute Gasteiger partial charge is 0.257 e. The number of ether oxygens (including phenoxy) is 1. The summed E-state index contributed by atoms with van der Waals surface area (Å²) in [5.74, 6) is 0.175. The van der Waals surface area contributed by atoms with Crippen molar-refractivity contribution in [3.8, 4) is 0 Å². The zero-order valence-corrected chi connectivity index (χ0v) is 19.7. The molecule has 0 saturated carbocycles. The number of hydrogen-bond donors (Lipinski definition) is 1. The Morgan fingerprint density at radius 3 is 1.82 bits per heavy atom. The van der Waals surface area contributed by atoms with E-state index in [2.05, 4.69) is 46.9 Å². The van der Waals surface area contributed by atoms with Gasteiger partial charge in [-0.1, -0.05) is 58.3 Å². The van der Waals surface area contributed by atoms with Gasteiger partial charge in [-0.2, -0.15) is 0 Å². The first-order chi connectivity index (χ1) is 13.0. The van der Waals surface area contributed by atoms with Gasteiger partial charge in [0.25, 0.3) is 5.91 Å². The highest BCUT2D eigenvalue weighted by atomic mass is 16.6. The molecule has 2 aliphatic rings. The highest BCUT2D eigenvalue weighted by Gasteiger charge is 2.62. The van der Waals surface area contributed by atoms with Gasteiger partial charge in [0.1, 0.15) is 5.72 Å². The number of likely N-dealkylation sites (N-methyl/N-ethyl adjacent to an activating group) is 1. The van der Waals surface area contributed by atoms with E-state index in [1.165, 1.54) is 51.4 Å². The van der Waals surface area contributed by atoms with Crippen LogP contribution in [0.25, 0.3) is 0 Å². The number of hydrogen-bond acceptors (Lipinski definition) is 3. The highest BCUT2D eigenvalue weighted by molar-refractivity contribution is 5.88. The van der Waals surface area contributed by atoms with Crippen molar-refractivity contribution in [2.24, 2.45) is 0 Å². The second-order valence-electron chi connectivity index (χ2n) is 11.0. The Balaban J connectivity index is 1.86. The molecule has 2 rings (SSSR count). The largest absolute Gasteiger partial charge is 0.339 e. The van der Waals surface area contributed by atoms with Crippen molar-refractivity contribution in [3.63, 3.8) is 0 Å². The number of nitrogens with one attached hydrogen (secondary N) is 1. The first kappa shape index (κ1) is 23.7. The van der Waals surface area contributed by atoms with Crippen LogP contribution < -0.4 is 5.32 Å². The van der Waals surface area contributed by atoms with E-state index in [1.54, 1.807) is 0 Å². The Morgan fingerprint density at radius 2 is 1.32 bits per heavy atom. The molecular formula is C24H46N2O2. The molecule has 1 amide bonds. The Labute approximate surface area is 174 Å². The zero-order valence-electron chi connectivity index (χ0n) is 19.7. The summed E-state index contributed by atoms with van der Waals surface area (Å²) < 4.78 is 6.68. The molecule has 1 spiro atoms. The van der Waals surface area contributed by atoms with Crippen LogP contribution in [-0.2, 0) is 9.53 Å². The SMILES string of the molecule is CCCCCCCCCCCC1(C)OC2(CC(C)(C)NC(C)(C)C2)C(=O)N1C. The predicted octanol–water partition coefficient (Wildman–Crippen LogP) is 5.79. The van der Waals surface area contributed by atoms with Crippen LogP contribution in [0, 0.1) is 0 Å². The van der Waals surface area contributed by atoms with Crippen molar-refractivity contribution in [1.82, 2.24) is 10.2 Å². The first-order valence-electron chi connectivity index (χ1n) is 11.7. The summed E-state index contributed by atoms with van der Waals surface area (Å²) in [4.78, 5) is 15.2. The fourth-order valence-electron chi connectivity index (χ4n) is 5.75. The van der Waals surface area contributed by atoms with Gasteiger partial charge in [0, 0.05) is 31.0 Å². The molecule has 0 radical (unpaired) electrons. The topological polar surface area (TPSA) is 41.6 Å². The van der Waals surface area contributed by atoms with Crippen molar-refractivity contribution < 1.29 is 9.53 Å². The number of amides is 1. The lowest BCUT2D eigenvalue weighted by atomic mass is 9.72. The van der Waals surface area contributed by atoms with Gasteiger partial charge in [0.2, 0.25) is 0 Å². The number of piperidine rings is 1. The van der Waals surface area contributed by atoms with E-state index in [4.69, 9.17) is 4.74 Å². The van der Waals surface area contributed by atoms with Gasteiger partial charge in [-0.25, -0.2) is 0 Å². The molecule has 0 aliphatic carbocycles. The van der Waals surface area contributed by atoms with E-state index in [0.29, 0.717) is 0 Å². The summed E-state index contributed by atoms with van der Waals surface area (Å²) in [6, 6.07) is 0. The van der Waals surface area contributed by atoms with Gasteiger partial charge < -0.3 is 15.0 Å². The van der Waals surface area contributed by atoms with E-state index in [0.717, 1.165) is 25.7 Å². The summed E-state index contributed by atoms with van der Waals surface area (Å²) >= 11 is 0. The lowest BCUT2D eigenvalue weighted by Gasteiger charge is -2.50. The van der Waals surface area contributed by atoms with Crippen molar-refractivity contribution in [1.29, 1.82) is 0 Å². The minimum absolute atomic E-state index is 0.110. The van der Waals surface area contributed by atoms with E-state index in [-0.39, 0.29) is 17.0 Å². The molecule has 0 aromatic rings. The molecule has 1 atom stereocenters. The van der Waals surface area contributed by atoms with E-state index < -0.39 is 11.3 Å². The normalized spacial score (nSPS) is 28.2. The van der Waals surface area contributed by atoms with Gasteiger partial charge in [-0.05, 0) is 47.5 Å². The van der Waals surface area contributed by atoms with Crippen LogP contribution in [-0.4, -0.2) is 40.3 Å². The zero-order chi connectivity index (χ0) is 21.1. The van der Waals surface area contributed by atoms with Gasteiger partial charge in [0.15, 0.2) is 5.60 Å². The van der Waals surface area contributed by atoms with Gasteiger partial charge in [-0.3, -0.25) is 4.79 Å². The van der Waals surface area contributed by atoms with E-state index in [1.807, 2.05) is 11.9 Å². The van der Waals surface area contributed by atoms with Crippen LogP contribution in [0.4, 0.5) is 0 Å². The molecule has 0 aromatic heterocycles. The first-order valence-corrected chi connectivity index (χ1v) is 11.7. The lowest BCUT2D eigenvalue weighted by molar-refractivity contribution is -0.164. The molecule has 2 aliphatic heterocycles. The van der Waals surface area contributed by atoms with Crippen molar-refractivity contribution in [3.05, 3.63) is 0 Å². The van der Waals surface area contributed by atoms with Gasteiger partial charge in [0.05, 0.1) is 0 Å². The minimum atomic E-state index is -0.680. The molecule has 4 nitrogen and oxygen atoms in total. The molecule has 164 valence electrons. The van der Waals surface area contributed by atoms with Crippen LogP contribution >= 0.6 is 0 Å². The molecule has 4 heteroatoms. The monoisotopic (exact) mass is 394 g/mol. The van der Waals surface area contributed by atoms with Gasteiger partial charge in [-0.15, -0.1) is 0 Å². The fraction of sp³-hybridized carbons (Fsp3) is 0.958. The van der Waals surface area contributed by atoms with Crippen LogP contribution in [0.5, 0.6) is 0 Å². The van der Waals surface area contributed by atoms with Crippen molar-refractivity contribution in [2.45, 2.75) is 141 Å². The van der Waals surface area contributed by atoms with Crippen LogP contribution in [0.15, 0.2) is 0 Å². The summed E-state index contributed by atoms with van der Waals surface area (Å²) in [5.41, 5.74) is -1.37. The number of carbonyl (C=O) groups excluding carboxylic acids is 1. The lowest BCUT2D eigenvalue weighted by Crippen LogP contribution is -2.65. The highest BCUT2D eigenvalue weighted by Crippen LogP contribution is 2.48. The van der Waals surface area contributed by atoms with Crippen molar-refractivity contribution in [2.75, 3.05) is 7.05 Å². The third-order valence-corrected chi connectivity index (χ3v) is 6.70. The molecular weight excluding hydrogens is 348 g/mol. The van der Waals surface area contributed by atoms with Crippen LogP contribution in [0.3, 0.4) is 0 Å². The number of unbranched alkanes of at least 4 members (excludes halogenated alkanes) is 8. The summed E-state index contributed by atoms with van der Waals surface area (Å²) in [5, 5.41) is 3.68.